The van der Waals surface area contributed by atoms with E-state index in [1.165, 1.54) is 37.8 Å². The van der Waals surface area contributed by atoms with Crippen LogP contribution in [0.4, 0.5) is 5.69 Å². The number of hydrogen-bond acceptors (Lipinski definition) is 5. The van der Waals surface area contributed by atoms with Gasteiger partial charge in [0.15, 0.2) is 0 Å². The van der Waals surface area contributed by atoms with Crippen LogP contribution in [0.1, 0.15) is 29.7 Å². The van der Waals surface area contributed by atoms with Gasteiger partial charge in [0, 0.05) is 12.2 Å². The van der Waals surface area contributed by atoms with Crippen molar-refractivity contribution in [3.8, 4) is 0 Å². The van der Waals surface area contributed by atoms with Crippen LogP contribution >= 0.6 is 0 Å². The topological polar surface area (TPSA) is 82.9 Å². The molecule has 1 N–H and O–H groups in total. The van der Waals surface area contributed by atoms with Crippen LogP contribution in [-0.4, -0.2) is 49.7 Å². The Morgan fingerprint density at radius 2 is 1.74 bits per heavy atom. The molecular formula is C26H31N3O4S. The zero-order valence-corrected chi connectivity index (χ0v) is 20.3. The van der Waals surface area contributed by atoms with Crippen LogP contribution in [0.3, 0.4) is 0 Å². The monoisotopic (exact) mass is 481 g/mol. The van der Waals surface area contributed by atoms with Gasteiger partial charge in [0.25, 0.3) is 0 Å². The van der Waals surface area contributed by atoms with Crippen molar-refractivity contribution in [1.82, 2.24) is 9.21 Å². The first-order valence-corrected chi connectivity index (χ1v) is 13.0. The van der Waals surface area contributed by atoms with Crippen molar-refractivity contribution in [1.29, 1.82) is 0 Å². The second-order valence-electron chi connectivity index (χ2n) is 8.71. The maximum atomic E-state index is 13.3. The SMILES string of the molecule is Cc1ccc(S(=O)(=O)N(CC(=O)Nc2ccc(CCN3CCCC3)cc2)Cc2ccco2)cc1. The van der Waals surface area contributed by atoms with E-state index in [-0.39, 0.29) is 18.0 Å². The maximum absolute atomic E-state index is 13.3. The molecule has 1 aliphatic rings. The molecule has 1 amide bonds. The van der Waals surface area contributed by atoms with Crippen LogP contribution < -0.4 is 5.32 Å². The van der Waals surface area contributed by atoms with E-state index in [9.17, 15) is 13.2 Å². The lowest BCUT2D eigenvalue weighted by molar-refractivity contribution is -0.116. The average molecular weight is 482 g/mol. The summed E-state index contributed by atoms with van der Waals surface area (Å²) >= 11 is 0. The van der Waals surface area contributed by atoms with Gasteiger partial charge in [-0.1, -0.05) is 29.8 Å². The van der Waals surface area contributed by atoms with Gasteiger partial charge in [0.05, 0.1) is 24.2 Å². The van der Waals surface area contributed by atoms with Gasteiger partial charge in [-0.05, 0) is 81.2 Å². The molecule has 0 radical (unpaired) electrons. The first kappa shape index (κ1) is 24.2. The minimum atomic E-state index is -3.90. The fraction of sp³-hybridized carbons (Fsp3) is 0.346. The molecule has 3 aromatic rings. The summed E-state index contributed by atoms with van der Waals surface area (Å²) in [5.74, 6) is 0.0536. The Hall–Kier alpha value is -2.94. The summed E-state index contributed by atoms with van der Waals surface area (Å²) in [5.41, 5.74) is 2.81. The quantitative estimate of drug-likeness (QED) is 0.472. The van der Waals surface area contributed by atoms with E-state index in [0.29, 0.717) is 11.4 Å². The molecule has 0 aliphatic carbocycles. The molecule has 1 aromatic heterocycles. The van der Waals surface area contributed by atoms with Crippen LogP contribution in [-0.2, 0) is 27.8 Å². The Morgan fingerprint density at radius 1 is 1.03 bits per heavy atom. The third-order valence-corrected chi connectivity index (χ3v) is 7.85. The summed E-state index contributed by atoms with van der Waals surface area (Å²) in [6, 6.07) is 17.7. The number of carbonyl (C=O) groups is 1. The van der Waals surface area contributed by atoms with Crippen LogP contribution in [0.25, 0.3) is 0 Å². The molecule has 2 heterocycles. The Labute approximate surface area is 201 Å². The molecule has 34 heavy (non-hydrogen) atoms. The molecule has 1 fully saturated rings. The van der Waals surface area contributed by atoms with Gasteiger partial charge in [0.2, 0.25) is 15.9 Å². The number of furan rings is 1. The van der Waals surface area contributed by atoms with Crippen molar-refractivity contribution < 1.29 is 17.6 Å². The molecule has 7 nitrogen and oxygen atoms in total. The number of likely N-dealkylation sites (tertiary alicyclic amines) is 1. The summed E-state index contributed by atoms with van der Waals surface area (Å²) in [6.07, 6.45) is 5.01. The minimum absolute atomic E-state index is 0.0356. The van der Waals surface area contributed by atoms with E-state index < -0.39 is 15.9 Å². The van der Waals surface area contributed by atoms with Gasteiger partial charge >= 0.3 is 0 Å². The molecule has 4 rings (SSSR count). The minimum Gasteiger partial charge on any atom is -0.468 e. The van der Waals surface area contributed by atoms with Crippen molar-refractivity contribution in [3.05, 3.63) is 83.8 Å². The largest absolute Gasteiger partial charge is 0.468 e. The number of aryl methyl sites for hydroxylation is 1. The summed E-state index contributed by atoms with van der Waals surface area (Å²) in [7, 11) is -3.90. The lowest BCUT2D eigenvalue weighted by Gasteiger charge is -2.21. The molecule has 1 aliphatic heterocycles. The van der Waals surface area contributed by atoms with Gasteiger partial charge in [-0.3, -0.25) is 4.79 Å². The molecule has 2 aromatic carbocycles. The molecule has 0 unspecified atom stereocenters. The van der Waals surface area contributed by atoms with Crippen LogP contribution in [0.2, 0.25) is 0 Å². The molecule has 0 saturated carbocycles. The van der Waals surface area contributed by atoms with Gasteiger partial charge in [0.1, 0.15) is 5.76 Å². The summed E-state index contributed by atoms with van der Waals surface area (Å²) in [6.45, 7) is 4.93. The van der Waals surface area contributed by atoms with Gasteiger partial charge < -0.3 is 14.6 Å². The number of anilines is 1. The number of amides is 1. The van der Waals surface area contributed by atoms with Crippen LogP contribution in [0.15, 0.2) is 76.2 Å². The van der Waals surface area contributed by atoms with E-state index >= 15 is 0 Å². The lowest BCUT2D eigenvalue weighted by atomic mass is 10.1. The fourth-order valence-corrected chi connectivity index (χ4v) is 5.43. The average Bonchev–Trinajstić information content (AvgIpc) is 3.53. The maximum Gasteiger partial charge on any atom is 0.243 e. The standard InChI is InChI=1S/C26H31N3O4S/c1-21-6-12-25(13-7-21)34(31,32)29(19-24-5-4-18-33-24)20-26(30)27-23-10-8-22(9-11-23)14-17-28-15-2-3-16-28/h4-13,18H,2-3,14-17,19-20H2,1H3,(H,27,30). The van der Waals surface area contributed by atoms with E-state index in [2.05, 4.69) is 10.2 Å². The smallest absolute Gasteiger partial charge is 0.243 e. The zero-order chi connectivity index (χ0) is 24.0. The predicted molar refractivity (Wildman–Crippen MR) is 132 cm³/mol. The normalized spacial score (nSPS) is 14.5. The number of sulfonamides is 1. The van der Waals surface area contributed by atoms with E-state index in [0.717, 1.165) is 22.8 Å². The Balaban J connectivity index is 1.41. The zero-order valence-electron chi connectivity index (χ0n) is 19.4. The lowest BCUT2D eigenvalue weighted by Crippen LogP contribution is -2.37. The molecule has 180 valence electrons. The van der Waals surface area contributed by atoms with Gasteiger partial charge in [-0.2, -0.15) is 4.31 Å². The van der Waals surface area contributed by atoms with Crippen LogP contribution in [0, 0.1) is 6.92 Å². The number of carbonyl (C=O) groups excluding carboxylic acids is 1. The highest BCUT2D eigenvalue weighted by molar-refractivity contribution is 7.89. The molecular weight excluding hydrogens is 450 g/mol. The summed E-state index contributed by atoms with van der Waals surface area (Å²) in [5, 5.41) is 2.82. The third-order valence-electron chi connectivity index (χ3n) is 6.04. The highest BCUT2D eigenvalue weighted by Crippen LogP contribution is 2.20. The van der Waals surface area contributed by atoms with Crippen molar-refractivity contribution in [2.75, 3.05) is 31.5 Å². The van der Waals surface area contributed by atoms with Crippen molar-refractivity contribution >= 4 is 21.6 Å². The first-order chi connectivity index (χ1) is 16.4. The van der Waals surface area contributed by atoms with Gasteiger partial charge in [-0.25, -0.2) is 8.42 Å². The Morgan fingerprint density at radius 3 is 2.38 bits per heavy atom. The molecule has 1 saturated heterocycles. The second-order valence-corrected chi connectivity index (χ2v) is 10.6. The fourth-order valence-electron chi connectivity index (χ4n) is 4.07. The van der Waals surface area contributed by atoms with Crippen molar-refractivity contribution in [2.45, 2.75) is 37.6 Å². The summed E-state index contributed by atoms with van der Waals surface area (Å²) in [4.78, 5) is 15.4. The van der Waals surface area contributed by atoms with E-state index in [4.69, 9.17) is 4.42 Å². The third kappa shape index (κ3) is 6.34. The first-order valence-electron chi connectivity index (χ1n) is 11.6. The molecule has 0 atom stereocenters. The highest BCUT2D eigenvalue weighted by atomic mass is 32.2. The number of nitrogens with one attached hydrogen (secondary N) is 1. The van der Waals surface area contributed by atoms with E-state index in [1.54, 1.807) is 36.4 Å². The molecule has 8 heteroatoms. The number of rotatable bonds is 10. The molecule has 0 bridgehead atoms. The Bertz CT molecular complexity index is 1170. The Kier molecular flexibility index (Phi) is 7.82. The molecule has 0 spiro atoms. The van der Waals surface area contributed by atoms with Crippen LogP contribution in [0.5, 0.6) is 0 Å². The number of benzene rings is 2. The van der Waals surface area contributed by atoms with Gasteiger partial charge in [-0.15, -0.1) is 0 Å². The number of hydrogen-bond donors (Lipinski definition) is 1. The van der Waals surface area contributed by atoms with Crippen molar-refractivity contribution in [3.63, 3.8) is 0 Å². The number of nitrogens with zero attached hydrogens (tertiary/aromatic N) is 2. The second kappa shape index (κ2) is 11.0. The predicted octanol–water partition coefficient (Wildman–Crippen LogP) is 4.06. The highest BCUT2D eigenvalue weighted by Gasteiger charge is 2.27. The van der Waals surface area contributed by atoms with E-state index in [1.807, 2.05) is 31.2 Å². The van der Waals surface area contributed by atoms with Crippen molar-refractivity contribution in [2.24, 2.45) is 0 Å². The summed E-state index contributed by atoms with van der Waals surface area (Å²) < 4.78 is 33.0.